The van der Waals surface area contributed by atoms with Crippen molar-refractivity contribution in [2.45, 2.75) is 32.2 Å². The second-order valence-electron chi connectivity index (χ2n) is 4.09. The molecule has 15 heavy (non-hydrogen) atoms. The normalized spacial score (nSPS) is 12.8. The summed E-state index contributed by atoms with van der Waals surface area (Å²) < 4.78 is 0. The average molecular weight is 207 g/mol. The predicted octanol–water partition coefficient (Wildman–Crippen LogP) is 0.233. The van der Waals surface area contributed by atoms with E-state index in [4.69, 9.17) is 0 Å². The molecule has 1 rings (SSSR count). The van der Waals surface area contributed by atoms with Crippen molar-refractivity contribution in [2.75, 3.05) is 0 Å². The summed E-state index contributed by atoms with van der Waals surface area (Å²) in [5.41, 5.74) is 6.00. The lowest BCUT2D eigenvalue weighted by atomic mass is 9.98. The Bertz CT molecular complexity index is 330. The molecule has 0 amide bonds. The van der Waals surface area contributed by atoms with Crippen LogP contribution in [0.4, 0.5) is 0 Å². The molecule has 1 aromatic carbocycles. The Balaban J connectivity index is 2.75. The lowest BCUT2D eigenvalue weighted by Gasteiger charge is -2.11. The fourth-order valence-corrected chi connectivity index (χ4v) is 1.47. The summed E-state index contributed by atoms with van der Waals surface area (Å²) in [4.78, 5) is 10.4. The first-order valence-electron chi connectivity index (χ1n) is 5.13. The smallest absolute Gasteiger partial charge is 0.115 e. The van der Waals surface area contributed by atoms with Gasteiger partial charge in [0.05, 0.1) is 0 Å². The minimum atomic E-state index is -1.05. The molecule has 0 unspecified atom stereocenters. The Kier molecular flexibility index (Phi) is 3.86. The van der Waals surface area contributed by atoms with Crippen molar-refractivity contribution in [3.05, 3.63) is 35.4 Å². The quantitative estimate of drug-likeness (QED) is 0.768. The van der Waals surface area contributed by atoms with Gasteiger partial charge in [0, 0.05) is 18.0 Å². The third kappa shape index (κ3) is 3.36. The zero-order valence-electron chi connectivity index (χ0n) is 9.19. The van der Waals surface area contributed by atoms with Crippen molar-refractivity contribution < 1.29 is 15.6 Å². The second kappa shape index (κ2) is 4.94. The molecule has 3 nitrogen and oxygen atoms in total. The number of carboxylic acids is 1. The highest BCUT2D eigenvalue weighted by Gasteiger charge is 2.09. The van der Waals surface area contributed by atoms with E-state index in [2.05, 4.69) is 19.6 Å². The molecule has 1 aromatic rings. The molecule has 0 radical (unpaired) electrons. The van der Waals surface area contributed by atoms with E-state index < -0.39 is 5.97 Å². The van der Waals surface area contributed by atoms with Crippen LogP contribution in [0.1, 0.15) is 43.4 Å². The molecular weight excluding hydrogens is 190 g/mol. The topological polar surface area (TPSA) is 67.8 Å². The maximum absolute atomic E-state index is 10.4. The van der Waals surface area contributed by atoms with Crippen LogP contribution in [0.5, 0.6) is 0 Å². The van der Waals surface area contributed by atoms with Gasteiger partial charge in [-0.05, 0) is 11.5 Å². The largest absolute Gasteiger partial charge is 0.550 e. The SMILES string of the molecule is CC(C)c1ccc([C@H]([NH3+])CC(=O)[O-])cc1. The van der Waals surface area contributed by atoms with Crippen LogP contribution in [0, 0.1) is 0 Å². The van der Waals surface area contributed by atoms with Gasteiger partial charge in [-0.15, -0.1) is 0 Å². The highest BCUT2D eigenvalue weighted by atomic mass is 16.4. The molecule has 0 aliphatic carbocycles. The van der Waals surface area contributed by atoms with Crippen LogP contribution in [0.25, 0.3) is 0 Å². The first-order chi connectivity index (χ1) is 7.00. The van der Waals surface area contributed by atoms with Crippen molar-refractivity contribution >= 4 is 5.97 Å². The number of hydrogen-bond acceptors (Lipinski definition) is 2. The molecule has 0 heterocycles. The van der Waals surface area contributed by atoms with Gasteiger partial charge in [-0.25, -0.2) is 0 Å². The van der Waals surface area contributed by atoms with Gasteiger partial charge in [-0.1, -0.05) is 38.1 Å². The average Bonchev–Trinajstić information content (AvgIpc) is 2.17. The minimum absolute atomic E-state index is 0.0268. The standard InChI is InChI=1S/C12H17NO2/c1-8(2)9-3-5-10(6-4-9)11(13)7-12(14)15/h3-6,8,11H,7,13H2,1-2H3,(H,14,15)/t11-/m1/s1. The molecule has 1 atom stereocenters. The predicted molar refractivity (Wildman–Crippen MR) is 55.8 cm³/mol. The van der Waals surface area contributed by atoms with Crippen LogP contribution in [-0.4, -0.2) is 5.97 Å². The van der Waals surface area contributed by atoms with Crippen LogP contribution >= 0.6 is 0 Å². The van der Waals surface area contributed by atoms with Gasteiger partial charge < -0.3 is 15.6 Å². The molecule has 0 fully saturated rings. The number of carbonyl (C=O) groups excluding carboxylic acids is 1. The molecule has 0 saturated carbocycles. The summed E-state index contributed by atoms with van der Waals surface area (Å²) in [6.07, 6.45) is -0.0268. The summed E-state index contributed by atoms with van der Waals surface area (Å²) in [5, 5.41) is 10.4. The first-order valence-corrected chi connectivity index (χ1v) is 5.13. The second-order valence-corrected chi connectivity index (χ2v) is 4.09. The van der Waals surface area contributed by atoms with E-state index in [0.717, 1.165) is 5.56 Å². The van der Waals surface area contributed by atoms with Crippen LogP contribution in [0.15, 0.2) is 24.3 Å². The summed E-state index contributed by atoms with van der Waals surface area (Å²) in [5.74, 6) is -0.564. The van der Waals surface area contributed by atoms with E-state index in [0.29, 0.717) is 5.92 Å². The molecule has 0 saturated heterocycles. The lowest BCUT2D eigenvalue weighted by Crippen LogP contribution is -2.55. The number of hydrogen-bond donors (Lipinski definition) is 1. The molecule has 0 aromatic heterocycles. The third-order valence-corrected chi connectivity index (χ3v) is 2.49. The maximum Gasteiger partial charge on any atom is 0.115 e. The van der Waals surface area contributed by atoms with Crippen LogP contribution < -0.4 is 10.8 Å². The van der Waals surface area contributed by atoms with Crippen LogP contribution in [0.2, 0.25) is 0 Å². The van der Waals surface area contributed by atoms with E-state index in [1.807, 2.05) is 24.3 Å². The van der Waals surface area contributed by atoms with Crippen LogP contribution in [-0.2, 0) is 4.79 Å². The number of benzene rings is 1. The van der Waals surface area contributed by atoms with Crippen molar-refractivity contribution in [3.63, 3.8) is 0 Å². The van der Waals surface area contributed by atoms with E-state index in [1.54, 1.807) is 0 Å². The number of rotatable bonds is 4. The van der Waals surface area contributed by atoms with Crippen LogP contribution in [0.3, 0.4) is 0 Å². The summed E-state index contributed by atoms with van der Waals surface area (Å²) in [6, 6.07) is 7.70. The summed E-state index contributed by atoms with van der Waals surface area (Å²) in [6.45, 7) is 4.25. The Morgan fingerprint density at radius 1 is 1.27 bits per heavy atom. The molecule has 0 spiro atoms. The van der Waals surface area contributed by atoms with Gasteiger partial charge in [0.15, 0.2) is 0 Å². The summed E-state index contributed by atoms with van der Waals surface area (Å²) in [7, 11) is 0. The van der Waals surface area contributed by atoms with E-state index in [9.17, 15) is 9.90 Å². The highest BCUT2D eigenvalue weighted by molar-refractivity contribution is 5.65. The van der Waals surface area contributed by atoms with Gasteiger partial charge in [-0.3, -0.25) is 0 Å². The number of carboxylic acid groups (broad SMARTS) is 1. The Labute approximate surface area is 89.9 Å². The third-order valence-electron chi connectivity index (χ3n) is 2.49. The number of aliphatic carboxylic acids is 1. The Morgan fingerprint density at radius 3 is 2.13 bits per heavy atom. The van der Waals surface area contributed by atoms with E-state index in [-0.39, 0.29) is 12.5 Å². The molecular formula is C12H17NO2. The fraction of sp³-hybridized carbons (Fsp3) is 0.417. The monoisotopic (exact) mass is 207 g/mol. The molecule has 0 aliphatic heterocycles. The minimum Gasteiger partial charge on any atom is -0.550 e. The molecule has 82 valence electrons. The molecule has 0 bridgehead atoms. The van der Waals surface area contributed by atoms with E-state index >= 15 is 0 Å². The zero-order valence-corrected chi connectivity index (χ0v) is 9.19. The van der Waals surface area contributed by atoms with Gasteiger partial charge in [0.25, 0.3) is 0 Å². The van der Waals surface area contributed by atoms with E-state index in [1.165, 1.54) is 5.56 Å². The summed E-state index contributed by atoms with van der Waals surface area (Å²) >= 11 is 0. The van der Waals surface area contributed by atoms with Gasteiger partial charge >= 0.3 is 0 Å². The van der Waals surface area contributed by atoms with Crippen molar-refractivity contribution in [2.24, 2.45) is 0 Å². The zero-order chi connectivity index (χ0) is 11.4. The first kappa shape index (κ1) is 11.7. The van der Waals surface area contributed by atoms with Gasteiger partial charge in [0.1, 0.15) is 6.04 Å². The van der Waals surface area contributed by atoms with Crippen molar-refractivity contribution in [3.8, 4) is 0 Å². The maximum atomic E-state index is 10.4. The number of quaternary nitrogens is 1. The van der Waals surface area contributed by atoms with Gasteiger partial charge in [0.2, 0.25) is 0 Å². The number of carbonyl (C=O) groups is 1. The Hall–Kier alpha value is -1.35. The van der Waals surface area contributed by atoms with Crippen molar-refractivity contribution in [1.29, 1.82) is 0 Å². The molecule has 3 heteroatoms. The lowest BCUT2D eigenvalue weighted by molar-refractivity contribution is -0.430. The Morgan fingerprint density at radius 2 is 1.73 bits per heavy atom. The highest BCUT2D eigenvalue weighted by Crippen LogP contribution is 2.18. The fourth-order valence-electron chi connectivity index (χ4n) is 1.47. The molecule has 0 aliphatic rings. The van der Waals surface area contributed by atoms with Crippen molar-refractivity contribution in [1.82, 2.24) is 0 Å². The van der Waals surface area contributed by atoms with Gasteiger partial charge in [-0.2, -0.15) is 0 Å². The molecule has 3 N–H and O–H groups in total.